The van der Waals surface area contributed by atoms with Crippen molar-refractivity contribution in [2.75, 3.05) is 0 Å². The van der Waals surface area contributed by atoms with E-state index in [0.29, 0.717) is 5.52 Å². The maximum atomic E-state index is 12.4. The zero-order valence-electron chi connectivity index (χ0n) is 9.98. The van der Waals surface area contributed by atoms with Gasteiger partial charge in [-0.2, -0.15) is 15.2 Å². The van der Waals surface area contributed by atoms with Gasteiger partial charge in [-0.15, -0.1) is 0 Å². The molecule has 20 heavy (non-hydrogen) atoms. The van der Waals surface area contributed by atoms with E-state index in [1.54, 1.807) is 24.3 Å². The second kappa shape index (κ2) is 4.40. The molecule has 8 heteroatoms. The lowest BCUT2D eigenvalue weighted by atomic mass is 10.4. The number of aromatic amines is 1. The predicted molar refractivity (Wildman–Crippen MR) is 68.3 cm³/mol. The van der Waals surface area contributed by atoms with Crippen molar-refractivity contribution >= 4 is 21.0 Å². The Hall–Kier alpha value is -2.79. The van der Waals surface area contributed by atoms with Crippen molar-refractivity contribution in [1.29, 1.82) is 5.26 Å². The van der Waals surface area contributed by atoms with E-state index < -0.39 is 9.84 Å². The fraction of sp³-hybridized carbons (Fsp3) is 0. The van der Waals surface area contributed by atoms with E-state index in [2.05, 4.69) is 19.9 Å². The van der Waals surface area contributed by atoms with Gasteiger partial charge in [-0.05, 0) is 12.1 Å². The summed E-state index contributed by atoms with van der Waals surface area (Å²) in [6, 6.07) is 9.72. The van der Waals surface area contributed by atoms with Gasteiger partial charge in [0, 0.05) is 0 Å². The molecule has 0 aliphatic rings. The first-order chi connectivity index (χ1) is 9.61. The number of H-pyrrole nitrogens is 1. The van der Waals surface area contributed by atoms with Crippen molar-refractivity contribution in [2.24, 2.45) is 0 Å². The highest BCUT2D eigenvalue weighted by Crippen LogP contribution is 2.19. The van der Waals surface area contributed by atoms with E-state index in [1.807, 2.05) is 0 Å². The van der Waals surface area contributed by atoms with Crippen LogP contribution in [-0.4, -0.2) is 28.4 Å². The highest BCUT2D eigenvalue weighted by molar-refractivity contribution is 7.91. The SMILES string of the molecule is N#Cc1ncc2[nH]c(S(=O)(=O)c3ccccc3)nc2n1. The molecule has 0 bridgehead atoms. The minimum atomic E-state index is -3.74. The summed E-state index contributed by atoms with van der Waals surface area (Å²) in [6.07, 6.45) is 1.33. The molecule has 1 N–H and O–H groups in total. The number of fused-ring (bicyclic) bond motifs is 1. The van der Waals surface area contributed by atoms with E-state index in [1.165, 1.54) is 18.3 Å². The summed E-state index contributed by atoms with van der Waals surface area (Å²) in [7, 11) is -3.74. The molecule has 2 aromatic heterocycles. The first-order valence-electron chi connectivity index (χ1n) is 5.54. The van der Waals surface area contributed by atoms with Crippen LogP contribution in [0.25, 0.3) is 11.2 Å². The van der Waals surface area contributed by atoms with Crippen LogP contribution in [0.4, 0.5) is 0 Å². The molecule has 0 aliphatic carbocycles. The molecule has 2 heterocycles. The van der Waals surface area contributed by atoms with Gasteiger partial charge in [-0.1, -0.05) is 18.2 Å². The van der Waals surface area contributed by atoms with E-state index in [0.717, 1.165) is 0 Å². The van der Waals surface area contributed by atoms with Crippen molar-refractivity contribution in [3.05, 3.63) is 42.4 Å². The monoisotopic (exact) mass is 285 g/mol. The summed E-state index contributed by atoms with van der Waals surface area (Å²) in [6.45, 7) is 0. The molecule has 0 saturated heterocycles. The third kappa shape index (κ3) is 1.90. The zero-order valence-corrected chi connectivity index (χ0v) is 10.8. The molecule has 3 aromatic rings. The van der Waals surface area contributed by atoms with Crippen LogP contribution in [0.5, 0.6) is 0 Å². The number of aromatic nitrogens is 4. The van der Waals surface area contributed by atoms with Gasteiger partial charge in [-0.3, -0.25) is 0 Å². The zero-order chi connectivity index (χ0) is 14.2. The molecule has 1 aromatic carbocycles. The molecule has 0 saturated carbocycles. The molecular weight excluding hydrogens is 278 g/mol. The van der Waals surface area contributed by atoms with Crippen molar-refractivity contribution in [3.8, 4) is 6.07 Å². The molecule has 0 radical (unpaired) electrons. The highest BCUT2D eigenvalue weighted by Gasteiger charge is 2.22. The molecule has 0 aliphatic heterocycles. The predicted octanol–water partition coefficient (Wildman–Crippen LogP) is 1.06. The van der Waals surface area contributed by atoms with E-state index in [9.17, 15) is 8.42 Å². The van der Waals surface area contributed by atoms with Crippen molar-refractivity contribution in [2.45, 2.75) is 10.1 Å². The van der Waals surface area contributed by atoms with Gasteiger partial charge in [0.25, 0.3) is 0 Å². The molecule has 7 nitrogen and oxygen atoms in total. The minimum absolute atomic E-state index is 0.0624. The largest absolute Gasteiger partial charge is 0.326 e. The number of nitrogens with zero attached hydrogens (tertiary/aromatic N) is 4. The lowest BCUT2D eigenvalue weighted by molar-refractivity contribution is 0.589. The first kappa shape index (κ1) is 12.3. The Morgan fingerprint density at radius 3 is 2.60 bits per heavy atom. The summed E-state index contributed by atoms with van der Waals surface area (Å²) in [5, 5.41) is 8.49. The van der Waals surface area contributed by atoms with Gasteiger partial charge in [0.15, 0.2) is 5.65 Å². The smallest absolute Gasteiger partial charge is 0.239 e. The van der Waals surface area contributed by atoms with Crippen LogP contribution in [0.3, 0.4) is 0 Å². The average molecular weight is 285 g/mol. The third-order valence-electron chi connectivity index (χ3n) is 2.63. The van der Waals surface area contributed by atoms with Gasteiger partial charge in [-0.25, -0.2) is 13.4 Å². The molecule has 0 spiro atoms. The van der Waals surface area contributed by atoms with Gasteiger partial charge < -0.3 is 4.98 Å². The maximum Gasteiger partial charge on any atom is 0.239 e. The first-order valence-corrected chi connectivity index (χ1v) is 7.02. The lowest BCUT2D eigenvalue weighted by Gasteiger charge is -1.99. The number of hydrogen-bond donors (Lipinski definition) is 1. The van der Waals surface area contributed by atoms with Crippen LogP contribution in [0.1, 0.15) is 5.82 Å². The van der Waals surface area contributed by atoms with E-state index in [4.69, 9.17) is 5.26 Å². The van der Waals surface area contributed by atoms with Crippen LogP contribution in [0.2, 0.25) is 0 Å². The fourth-order valence-electron chi connectivity index (χ4n) is 1.68. The number of imidazole rings is 1. The number of sulfone groups is 1. The maximum absolute atomic E-state index is 12.4. The molecular formula is C12H7N5O2S. The summed E-state index contributed by atoms with van der Waals surface area (Å²) >= 11 is 0. The van der Waals surface area contributed by atoms with Gasteiger partial charge >= 0.3 is 0 Å². The number of benzene rings is 1. The molecule has 0 fully saturated rings. The van der Waals surface area contributed by atoms with Crippen LogP contribution < -0.4 is 0 Å². The van der Waals surface area contributed by atoms with E-state index >= 15 is 0 Å². The second-order valence-corrected chi connectivity index (χ2v) is 5.77. The number of hydrogen-bond acceptors (Lipinski definition) is 6. The summed E-state index contributed by atoms with van der Waals surface area (Å²) in [5.74, 6) is -0.0624. The van der Waals surface area contributed by atoms with E-state index in [-0.39, 0.29) is 21.5 Å². The summed E-state index contributed by atoms with van der Waals surface area (Å²) < 4.78 is 24.7. The Labute approximate surface area is 113 Å². The molecule has 0 amide bonds. The Bertz CT molecular complexity index is 925. The van der Waals surface area contributed by atoms with Gasteiger partial charge in [0.1, 0.15) is 11.6 Å². The number of rotatable bonds is 2. The molecule has 0 atom stereocenters. The van der Waals surface area contributed by atoms with Crippen LogP contribution >= 0.6 is 0 Å². The normalized spacial score (nSPS) is 11.3. The highest BCUT2D eigenvalue weighted by atomic mass is 32.2. The van der Waals surface area contributed by atoms with Crippen LogP contribution in [-0.2, 0) is 9.84 Å². The number of nitrogens with one attached hydrogen (secondary N) is 1. The van der Waals surface area contributed by atoms with Crippen LogP contribution in [0.15, 0.2) is 46.6 Å². The van der Waals surface area contributed by atoms with Gasteiger partial charge in [0.2, 0.25) is 20.8 Å². The summed E-state index contributed by atoms with van der Waals surface area (Å²) in [4.78, 5) is 14.3. The lowest BCUT2D eigenvalue weighted by Crippen LogP contribution is -2.03. The third-order valence-corrected chi connectivity index (χ3v) is 4.22. The topological polar surface area (TPSA) is 112 Å². The number of nitriles is 1. The fourth-order valence-corrected chi connectivity index (χ4v) is 2.87. The quantitative estimate of drug-likeness (QED) is 0.753. The second-order valence-electron chi connectivity index (χ2n) is 3.90. The Morgan fingerprint density at radius 1 is 1.15 bits per heavy atom. The van der Waals surface area contributed by atoms with Crippen molar-refractivity contribution in [3.63, 3.8) is 0 Å². The molecule has 98 valence electrons. The van der Waals surface area contributed by atoms with Crippen LogP contribution in [0, 0.1) is 11.3 Å². The Balaban J connectivity index is 2.18. The average Bonchev–Trinajstić information content (AvgIpc) is 2.91. The molecule has 3 rings (SSSR count). The molecule has 0 unspecified atom stereocenters. The van der Waals surface area contributed by atoms with Gasteiger partial charge in [0.05, 0.1) is 11.1 Å². The minimum Gasteiger partial charge on any atom is -0.326 e. The van der Waals surface area contributed by atoms with Crippen molar-refractivity contribution in [1.82, 2.24) is 19.9 Å². The Kier molecular flexibility index (Phi) is 2.69. The van der Waals surface area contributed by atoms with Crippen molar-refractivity contribution < 1.29 is 8.42 Å². The standard InChI is InChI=1S/C12H7N5O2S/c13-6-10-14-7-9-11(16-10)17-12(15-9)20(18,19)8-4-2-1-3-5-8/h1-5,7H,(H,14,15,16,17). The summed E-state index contributed by atoms with van der Waals surface area (Å²) in [5.41, 5.74) is 0.504. The Morgan fingerprint density at radius 2 is 1.90 bits per heavy atom.